The maximum Gasteiger partial charge on any atom is 0.422 e. The number of ether oxygens (including phenoxy) is 1. The SMILES string of the molecule is CC1C=CC(OCC(F)(F)F)=CN1C(C)c1ccnc(NC(=O)C2CCCCC2)c1. The Labute approximate surface area is 175 Å². The Morgan fingerprint density at radius 2 is 2.07 bits per heavy atom. The Hall–Kier alpha value is -2.51. The van der Waals surface area contributed by atoms with E-state index in [1.165, 1.54) is 6.42 Å². The molecular weight excluding hydrogens is 395 g/mol. The number of hydrogen-bond donors (Lipinski definition) is 1. The Morgan fingerprint density at radius 3 is 2.77 bits per heavy atom. The van der Waals surface area contributed by atoms with Crippen LogP contribution in [-0.4, -0.2) is 34.6 Å². The molecule has 1 amide bonds. The number of rotatable bonds is 6. The summed E-state index contributed by atoms with van der Waals surface area (Å²) < 4.78 is 42.3. The van der Waals surface area contributed by atoms with Crippen molar-refractivity contribution in [3.63, 3.8) is 0 Å². The van der Waals surface area contributed by atoms with Gasteiger partial charge in [-0.15, -0.1) is 0 Å². The van der Waals surface area contributed by atoms with Gasteiger partial charge in [0, 0.05) is 24.4 Å². The highest BCUT2D eigenvalue weighted by atomic mass is 19.4. The highest BCUT2D eigenvalue weighted by molar-refractivity contribution is 5.91. The quantitative estimate of drug-likeness (QED) is 0.671. The average Bonchev–Trinajstić information content (AvgIpc) is 2.73. The number of allylic oxidation sites excluding steroid dienone is 1. The van der Waals surface area contributed by atoms with Gasteiger partial charge in [0.25, 0.3) is 0 Å². The monoisotopic (exact) mass is 423 g/mol. The first-order valence-electron chi connectivity index (χ1n) is 10.4. The van der Waals surface area contributed by atoms with Crippen LogP contribution in [0.1, 0.15) is 57.6 Å². The lowest BCUT2D eigenvalue weighted by Gasteiger charge is -2.35. The number of carbonyl (C=O) groups is 1. The van der Waals surface area contributed by atoms with Crippen molar-refractivity contribution in [2.45, 2.75) is 64.2 Å². The van der Waals surface area contributed by atoms with Gasteiger partial charge < -0.3 is 15.0 Å². The van der Waals surface area contributed by atoms with Crippen molar-refractivity contribution in [1.82, 2.24) is 9.88 Å². The highest BCUT2D eigenvalue weighted by Gasteiger charge is 2.29. The van der Waals surface area contributed by atoms with E-state index in [1.807, 2.05) is 30.9 Å². The molecule has 2 unspecified atom stereocenters. The fourth-order valence-corrected chi connectivity index (χ4v) is 3.90. The molecule has 2 heterocycles. The molecule has 1 fully saturated rings. The van der Waals surface area contributed by atoms with Gasteiger partial charge in [-0.25, -0.2) is 4.98 Å². The van der Waals surface area contributed by atoms with Crippen LogP contribution in [0.4, 0.5) is 19.0 Å². The second-order valence-corrected chi connectivity index (χ2v) is 7.96. The molecule has 1 aromatic heterocycles. The predicted molar refractivity (Wildman–Crippen MR) is 108 cm³/mol. The first-order valence-corrected chi connectivity index (χ1v) is 10.4. The van der Waals surface area contributed by atoms with Gasteiger partial charge in [0.15, 0.2) is 6.61 Å². The van der Waals surface area contributed by atoms with Crippen LogP contribution in [0.2, 0.25) is 0 Å². The van der Waals surface area contributed by atoms with Gasteiger partial charge in [-0.05, 0) is 50.5 Å². The van der Waals surface area contributed by atoms with Gasteiger partial charge in [-0.1, -0.05) is 25.3 Å². The Kier molecular flexibility index (Phi) is 7.05. The van der Waals surface area contributed by atoms with Crippen molar-refractivity contribution < 1.29 is 22.7 Å². The molecule has 8 heteroatoms. The number of nitrogens with one attached hydrogen (secondary N) is 1. The van der Waals surface area contributed by atoms with E-state index in [9.17, 15) is 18.0 Å². The zero-order valence-electron chi connectivity index (χ0n) is 17.3. The molecule has 3 rings (SSSR count). The van der Waals surface area contributed by atoms with Crippen molar-refractivity contribution in [2.24, 2.45) is 5.92 Å². The van der Waals surface area contributed by atoms with E-state index in [-0.39, 0.29) is 29.7 Å². The summed E-state index contributed by atoms with van der Waals surface area (Å²) in [6, 6.07) is 3.49. The van der Waals surface area contributed by atoms with Crippen molar-refractivity contribution in [3.8, 4) is 0 Å². The molecular formula is C22H28F3N3O2. The Bertz CT molecular complexity index is 801. The molecule has 1 aromatic rings. The number of alkyl halides is 3. The Morgan fingerprint density at radius 1 is 1.33 bits per heavy atom. The topological polar surface area (TPSA) is 54.5 Å². The third-order valence-electron chi connectivity index (χ3n) is 5.63. The van der Waals surface area contributed by atoms with Crippen LogP contribution < -0.4 is 5.32 Å². The molecule has 30 heavy (non-hydrogen) atoms. The third-order valence-corrected chi connectivity index (χ3v) is 5.63. The molecule has 164 valence electrons. The number of anilines is 1. The van der Waals surface area contributed by atoms with Gasteiger partial charge in [-0.3, -0.25) is 4.79 Å². The summed E-state index contributed by atoms with van der Waals surface area (Å²) in [4.78, 5) is 18.7. The zero-order chi connectivity index (χ0) is 21.7. The second-order valence-electron chi connectivity index (χ2n) is 7.96. The summed E-state index contributed by atoms with van der Waals surface area (Å²) in [5.74, 6) is 0.693. The molecule has 0 radical (unpaired) electrons. The molecule has 2 aliphatic rings. The number of hydrogen-bond acceptors (Lipinski definition) is 4. The van der Waals surface area contributed by atoms with Crippen LogP contribution in [-0.2, 0) is 9.53 Å². The minimum atomic E-state index is -4.38. The van der Waals surface area contributed by atoms with Gasteiger partial charge in [0.2, 0.25) is 5.91 Å². The molecule has 1 N–H and O–H groups in total. The number of nitrogens with zero attached hydrogens (tertiary/aromatic N) is 2. The predicted octanol–water partition coefficient (Wildman–Crippen LogP) is 5.34. The van der Waals surface area contributed by atoms with Gasteiger partial charge in [0.1, 0.15) is 11.6 Å². The zero-order valence-corrected chi connectivity index (χ0v) is 17.3. The van der Waals surface area contributed by atoms with Crippen LogP contribution in [0.3, 0.4) is 0 Å². The molecule has 1 aliphatic heterocycles. The van der Waals surface area contributed by atoms with Crippen LogP contribution in [0.15, 0.2) is 42.4 Å². The first kappa shape index (κ1) is 22.2. The molecule has 0 bridgehead atoms. The number of amides is 1. The van der Waals surface area contributed by atoms with Crippen molar-refractivity contribution >= 4 is 11.7 Å². The average molecular weight is 423 g/mol. The van der Waals surface area contributed by atoms with Crippen LogP contribution in [0, 0.1) is 5.92 Å². The van der Waals surface area contributed by atoms with E-state index in [2.05, 4.69) is 10.3 Å². The summed E-state index contributed by atoms with van der Waals surface area (Å²) in [5, 5.41) is 2.92. The van der Waals surface area contributed by atoms with E-state index in [4.69, 9.17) is 4.74 Å². The lowest BCUT2D eigenvalue weighted by Crippen LogP contribution is -2.32. The summed E-state index contributed by atoms with van der Waals surface area (Å²) in [6.45, 7) is 2.58. The van der Waals surface area contributed by atoms with Gasteiger partial charge >= 0.3 is 6.18 Å². The molecule has 0 spiro atoms. The molecule has 2 atom stereocenters. The van der Waals surface area contributed by atoms with Crippen molar-refractivity contribution in [2.75, 3.05) is 11.9 Å². The van der Waals surface area contributed by atoms with E-state index in [0.717, 1.165) is 31.2 Å². The van der Waals surface area contributed by atoms with Crippen molar-refractivity contribution in [3.05, 3.63) is 48.0 Å². The summed E-state index contributed by atoms with van der Waals surface area (Å²) in [6.07, 6.45) is 7.36. The minimum Gasteiger partial charge on any atom is -0.483 e. The number of halogens is 3. The smallest absolute Gasteiger partial charge is 0.422 e. The number of pyridine rings is 1. The summed E-state index contributed by atoms with van der Waals surface area (Å²) in [7, 11) is 0. The normalized spacial score (nSPS) is 21.2. The number of carbonyl (C=O) groups excluding carboxylic acids is 1. The van der Waals surface area contributed by atoms with Crippen LogP contribution in [0.25, 0.3) is 0 Å². The van der Waals surface area contributed by atoms with Gasteiger partial charge in [-0.2, -0.15) is 13.2 Å². The van der Waals surface area contributed by atoms with Gasteiger partial charge in [0.05, 0.1) is 6.04 Å². The maximum atomic E-state index is 12.5. The molecule has 0 aromatic carbocycles. The van der Waals surface area contributed by atoms with Crippen LogP contribution >= 0.6 is 0 Å². The number of aromatic nitrogens is 1. The third kappa shape index (κ3) is 6.00. The van der Waals surface area contributed by atoms with Crippen molar-refractivity contribution in [1.29, 1.82) is 0 Å². The highest BCUT2D eigenvalue weighted by Crippen LogP contribution is 2.29. The lowest BCUT2D eigenvalue weighted by atomic mass is 9.89. The minimum absolute atomic E-state index is 0.00371. The van der Waals surface area contributed by atoms with E-state index in [1.54, 1.807) is 24.5 Å². The summed E-state index contributed by atoms with van der Waals surface area (Å²) in [5.41, 5.74) is 0.900. The second kappa shape index (κ2) is 9.53. The first-order chi connectivity index (χ1) is 14.2. The fraction of sp³-hybridized carbons (Fsp3) is 0.545. The Balaban J connectivity index is 1.68. The molecule has 1 saturated carbocycles. The van der Waals surface area contributed by atoms with E-state index < -0.39 is 12.8 Å². The van der Waals surface area contributed by atoms with Crippen LogP contribution in [0.5, 0.6) is 0 Å². The lowest BCUT2D eigenvalue weighted by molar-refractivity contribution is -0.164. The molecule has 1 aliphatic carbocycles. The van der Waals surface area contributed by atoms with E-state index >= 15 is 0 Å². The summed E-state index contributed by atoms with van der Waals surface area (Å²) >= 11 is 0. The standard InChI is InChI=1S/C22H28F3N3O2/c1-15-8-9-19(30-14-22(23,24)25)13-28(15)16(2)18-10-11-26-20(12-18)27-21(29)17-6-4-3-5-7-17/h8-13,15-17H,3-7,14H2,1-2H3,(H,26,27,29). The molecule has 0 saturated heterocycles. The van der Waals surface area contributed by atoms with E-state index in [0.29, 0.717) is 5.82 Å². The molecule has 5 nitrogen and oxygen atoms in total. The fourth-order valence-electron chi connectivity index (χ4n) is 3.90. The largest absolute Gasteiger partial charge is 0.483 e. The maximum absolute atomic E-state index is 12.5.